The molecule has 194 valence electrons. The van der Waals surface area contributed by atoms with E-state index in [1.54, 1.807) is 54.6 Å². The standard InChI is InChI=1S/C27H27NO9/c1-31-17-8-6-7-15(11-17)24-26(23(29)19-14-18(32-2)9-10-20(19)36-24)37-27(30)28-16-12-21(33-3)25(35-5)22(13-16)34-4/h6-14,24,26H,1-5H3,(H,28,30). The summed E-state index contributed by atoms with van der Waals surface area (Å²) in [7, 11) is 7.42. The summed E-state index contributed by atoms with van der Waals surface area (Å²) >= 11 is 0. The number of rotatable bonds is 8. The molecule has 3 aromatic carbocycles. The first-order valence-electron chi connectivity index (χ1n) is 11.2. The number of hydrogen-bond donors (Lipinski definition) is 1. The Hall–Kier alpha value is -4.60. The van der Waals surface area contributed by atoms with E-state index >= 15 is 0 Å². The lowest BCUT2D eigenvalue weighted by Crippen LogP contribution is -2.40. The average Bonchev–Trinajstić information content (AvgIpc) is 2.93. The second-order valence-corrected chi connectivity index (χ2v) is 7.91. The first-order chi connectivity index (χ1) is 17.9. The molecule has 1 heterocycles. The van der Waals surface area contributed by atoms with Gasteiger partial charge < -0.3 is 33.2 Å². The summed E-state index contributed by atoms with van der Waals surface area (Å²) in [6.07, 6.45) is -3.10. The number of amides is 1. The molecule has 0 spiro atoms. The Morgan fingerprint density at radius 2 is 1.49 bits per heavy atom. The van der Waals surface area contributed by atoms with E-state index in [4.69, 9.17) is 33.2 Å². The van der Waals surface area contributed by atoms with E-state index in [-0.39, 0.29) is 5.56 Å². The molecule has 2 unspecified atom stereocenters. The van der Waals surface area contributed by atoms with Gasteiger partial charge in [-0.15, -0.1) is 0 Å². The molecule has 3 aromatic rings. The third-order valence-corrected chi connectivity index (χ3v) is 5.81. The Morgan fingerprint density at radius 3 is 2.11 bits per heavy atom. The fourth-order valence-corrected chi connectivity index (χ4v) is 4.01. The van der Waals surface area contributed by atoms with Gasteiger partial charge in [0.2, 0.25) is 17.6 Å². The molecule has 0 bridgehead atoms. The molecule has 0 saturated heterocycles. The van der Waals surface area contributed by atoms with Crippen molar-refractivity contribution in [3.63, 3.8) is 0 Å². The van der Waals surface area contributed by atoms with Crippen LogP contribution in [0.5, 0.6) is 34.5 Å². The van der Waals surface area contributed by atoms with Crippen LogP contribution in [0, 0.1) is 0 Å². The average molecular weight is 510 g/mol. The zero-order valence-corrected chi connectivity index (χ0v) is 21.0. The number of fused-ring (bicyclic) bond motifs is 1. The predicted octanol–water partition coefficient (Wildman–Crippen LogP) is 4.66. The van der Waals surface area contributed by atoms with Gasteiger partial charge >= 0.3 is 6.09 Å². The number of methoxy groups -OCH3 is 5. The summed E-state index contributed by atoms with van der Waals surface area (Å²) in [5, 5.41) is 2.62. The van der Waals surface area contributed by atoms with Crippen molar-refractivity contribution in [3.05, 3.63) is 65.7 Å². The van der Waals surface area contributed by atoms with Crippen LogP contribution in [0.4, 0.5) is 10.5 Å². The van der Waals surface area contributed by atoms with E-state index in [2.05, 4.69) is 5.32 Å². The molecule has 1 amide bonds. The Kier molecular flexibility index (Phi) is 7.57. The van der Waals surface area contributed by atoms with E-state index in [1.807, 2.05) is 0 Å². The van der Waals surface area contributed by atoms with Gasteiger partial charge in [0, 0.05) is 17.7 Å². The number of carbonyl (C=O) groups excluding carboxylic acids is 2. The zero-order valence-electron chi connectivity index (χ0n) is 21.0. The molecule has 0 aromatic heterocycles. The molecule has 0 radical (unpaired) electrons. The largest absolute Gasteiger partial charge is 0.497 e. The van der Waals surface area contributed by atoms with Crippen molar-refractivity contribution in [2.75, 3.05) is 40.9 Å². The van der Waals surface area contributed by atoms with Crippen LogP contribution in [-0.2, 0) is 4.74 Å². The van der Waals surface area contributed by atoms with Gasteiger partial charge in [0.15, 0.2) is 17.6 Å². The molecule has 0 fully saturated rings. The first kappa shape index (κ1) is 25.5. The molecule has 37 heavy (non-hydrogen) atoms. The van der Waals surface area contributed by atoms with Gasteiger partial charge in [-0.2, -0.15) is 0 Å². The van der Waals surface area contributed by atoms with Crippen LogP contribution in [0.3, 0.4) is 0 Å². The van der Waals surface area contributed by atoms with Crippen LogP contribution >= 0.6 is 0 Å². The predicted molar refractivity (Wildman–Crippen MR) is 134 cm³/mol. The molecule has 1 aliphatic rings. The minimum Gasteiger partial charge on any atom is -0.497 e. The van der Waals surface area contributed by atoms with Crippen molar-refractivity contribution < 1.29 is 42.7 Å². The SMILES string of the molecule is COc1cccc(C2Oc3ccc(OC)cc3C(=O)C2OC(=O)Nc2cc(OC)c(OC)c(OC)c2)c1. The van der Waals surface area contributed by atoms with Crippen molar-refractivity contribution in [1.82, 2.24) is 0 Å². The monoisotopic (exact) mass is 509 g/mol. The molecular formula is C27H27NO9. The van der Waals surface area contributed by atoms with Crippen LogP contribution in [0.2, 0.25) is 0 Å². The summed E-state index contributed by atoms with van der Waals surface area (Å²) in [6.45, 7) is 0. The summed E-state index contributed by atoms with van der Waals surface area (Å²) in [6, 6.07) is 15.0. The quantitative estimate of drug-likeness (QED) is 0.463. The minimum absolute atomic E-state index is 0.240. The fourth-order valence-electron chi connectivity index (χ4n) is 4.01. The van der Waals surface area contributed by atoms with Crippen molar-refractivity contribution in [3.8, 4) is 34.5 Å². The second-order valence-electron chi connectivity index (χ2n) is 7.91. The number of ether oxygens (including phenoxy) is 7. The molecule has 10 heteroatoms. The highest BCUT2D eigenvalue weighted by atomic mass is 16.6. The van der Waals surface area contributed by atoms with E-state index in [0.717, 1.165) is 0 Å². The normalized spacial score (nSPS) is 16.1. The third kappa shape index (κ3) is 5.18. The van der Waals surface area contributed by atoms with E-state index in [0.29, 0.717) is 45.7 Å². The summed E-state index contributed by atoms with van der Waals surface area (Å²) in [5.41, 5.74) is 1.15. The molecule has 1 N–H and O–H groups in total. The maximum Gasteiger partial charge on any atom is 0.412 e. The lowest BCUT2D eigenvalue weighted by Gasteiger charge is -2.32. The highest BCUT2D eigenvalue weighted by molar-refractivity contribution is 6.05. The third-order valence-electron chi connectivity index (χ3n) is 5.81. The molecule has 0 aliphatic carbocycles. The minimum atomic E-state index is -1.30. The Labute approximate surface area is 213 Å². The zero-order chi connectivity index (χ0) is 26.5. The number of benzene rings is 3. The number of carbonyl (C=O) groups is 2. The number of hydrogen-bond acceptors (Lipinski definition) is 9. The fraction of sp³-hybridized carbons (Fsp3) is 0.259. The van der Waals surface area contributed by atoms with E-state index < -0.39 is 24.1 Å². The molecule has 0 saturated carbocycles. The number of nitrogens with one attached hydrogen (secondary N) is 1. The first-order valence-corrected chi connectivity index (χ1v) is 11.2. The molecule has 1 aliphatic heterocycles. The van der Waals surface area contributed by atoms with Crippen LogP contribution < -0.4 is 33.7 Å². The van der Waals surface area contributed by atoms with Crippen LogP contribution in [0.25, 0.3) is 0 Å². The van der Waals surface area contributed by atoms with Crippen molar-refractivity contribution in [1.29, 1.82) is 0 Å². The Balaban J connectivity index is 1.66. The Morgan fingerprint density at radius 1 is 0.811 bits per heavy atom. The summed E-state index contributed by atoms with van der Waals surface area (Å²) < 4.78 is 38.4. The van der Waals surface area contributed by atoms with Gasteiger partial charge in [-0.1, -0.05) is 12.1 Å². The highest BCUT2D eigenvalue weighted by Gasteiger charge is 2.41. The maximum absolute atomic E-state index is 13.6. The molecular weight excluding hydrogens is 482 g/mol. The van der Waals surface area contributed by atoms with Crippen molar-refractivity contribution >= 4 is 17.6 Å². The van der Waals surface area contributed by atoms with Crippen molar-refractivity contribution in [2.24, 2.45) is 0 Å². The molecule has 10 nitrogen and oxygen atoms in total. The number of anilines is 1. The van der Waals surface area contributed by atoms with Gasteiger partial charge in [-0.05, 0) is 30.3 Å². The molecule has 4 rings (SSSR count). The summed E-state index contributed by atoms with van der Waals surface area (Å²) in [5.74, 6) is 1.99. The van der Waals surface area contributed by atoms with Gasteiger partial charge in [0.25, 0.3) is 0 Å². The van der Waals surface area contributed by atoms with Crippen LogP contribution in [0.1, 0.15) is 22.0 Å². The van der Waals surface area contributed by atoms with Gasteiger partial charge in [0.05, 0.1) is 46.8 Å². The maximum atomic E-state index is 13.6. The van der Waals surface area contributed by atoms with Gasteiger partial charge in [-0.3, -0.25) is 10.1 Å². The second kappa shape index (κ2) is 11.0. The van der Waals surface area contributed by atoms with Crippen molar-refractivity contribution in [2.45, 2.75) is 12.2 Å². The van der Waals surface area contributed by atoms with E-state index in [9.17, 15) is 9.59 Å². The smallest absolute Gasteiger partial charge is 0.412 e. The number of ketones is 1. The van der Waals surface area contributed by atoms with Gasteiger partial charge in [-0.25, -0.2) is 4.79 Å². The van der Waals surface area contributed by atoms with Crippen LogP contribution in [-0.4, -0.2) is 53.5 Å². The van der Waals surface area contributed by atoms with E-state index in [1.165, 1.54) is 35.5 Å². The van der Waals surface area contributed by atoms with Crippen LogP contribution in [0.15, 0.2) is 54.6 Å². The Bertz CT molecular complexity index is 1280. The summed E-state index contributed by atoms with van der Waals surface area (Å²) in [4.78, 5) is 26.6. The lowest BCUT2D eigenvalue weighted by molar-refractivity contribution is 0.0132. The lowest BCUT2D eigenvalue weighted by atomic mass is 9.93. The highest BCUT2D eigenvalue weighted by Crippen LogP contribution is 2.41. The molecule has 2 atom stereocenters. The topological polar surface area (TPSA) is 111 Å². The number of Topliss-reactive ketones (excluding diaryl/α,β-unsaturated/α-hetero) is 1. The van der Waals surface area contributed by atoms with Gasteiger partial charge in [0.1, 0.15) is 17.2 Å².